The van der Waals surface area contributed by atoms with Crippen molar-refractivity contribution in [2.45, 2.75) is 31.4 Å². The minimum Gasteiger partial charge on any atom is -0.316 e. The van der Waals surface area contributed by atoms with Crippen molar-refractivity contribution in [2.75, 3.05) is 13.1 Å². The highest BCUT2D eigenvalue weighted by atomic mass is 19.4. The van der Waals surface area contributed by atoms with E-state index >= 15 is 0 Å². The number of aryl methyl sites for hydroxylation is 1. The smallest absolute Gasteiger partial charge is 0.316 e. The minimum absolute atomic E-state index is 0.0392. The van der Waals surface area contributed by atoms with Crippen LogP contribution in [0.15, 0.2) is 18.2 Å². The van der Waals surface area contributed by atoms with Crippen molar-refractivity contribution in [3.8, 4) is 11.3 Å². The lowest BCUT2D eigenvalue weighted by Crippen LogP contribution is -2.29. The quantitative estimate of drug-likeness (QED) is 0.819. The average molecular weight is 320 g/mol. The molecule has 2 aliphatic carbocycles. The topological polar surface area (TPSA) is 42.0 Å². The summed E-state index contributed by atoms with van der Waals surface area (Å²) in [5.74, 6) is -1.64. The van der Waals surface area contributed by atoms with Gasteiger partial charge in [-0.25, -0.2) is 0 Å². The maximum atomic E-state index is 13.1. The van der Waals surface area contributed by atoms with Crippen LogP contribution in [0.3, 0.4) is 0 Å². The van der Waals surface area contributed by atoms with Crippen molar-refractivity contribution in [3.63, 3.8) is 0 Å². The summed E-state index contributed by atoms with van der Waals surface area (Å²) in [7, 11) is 0. The van der Waals surface area contributed by atoms with E-state index in [0.717, 1.165) is 24.2 Å². The zero-order valence-electron chi connectivity index (χ0n) is 12.5. The van der Waals surface area contributed by atoms with Crippen molar-refractivity contribution in [1.82, 2.24) is 10.3 Å². The van der Waals surface area contributed by atoms with Gasteiger partial charge >= 0.3 is 6.18 Å². The molecule has 120 valence electrons. The summed E-state index contributed by atoms with van der Waals surface area (Å²) in [6.45, 7) is 3.14. The monoisotopic (exact) mass is 320 g/mol. The van der Waals surface area contributed by atoms with E-state index in [0.29, 0.717) is 23.4 Å². The zero-order valence-corrected chi connectivity index (χ0v) is 12.5. The Morgan fingerprint density at radius 1 is 1.22 bits per heavy atom. The third-order valence-electron chi connectivity index (χ3n) is 4.85. The van der Waals surface area contributed by atoms with Crippen LogP contribution in [-0.4, -0.2) is 30.0 Å². The first-order valence-electron chi connectivity index (χ1n) is 7.62. The molecular formula is C17H15F3N2O. The molecule has 2 bridgehead atoms. The highest BCUT2D eigenvalue weighted by Crippen LogP contribution is 2.47. The molecule has 0 spiro atoms. The fraction of sp³-hybridized carbons (Fsp3) is 0.412. The normalized spacial score (nSPS) is 23.1. The zero-order chi connectivity index (χ0) is 16.4. The van der Waals surface area contributed by atoms with Crippen LogP contribution in [0.2, 0.25) is 0 Å². The van der Waals surface area contributed by atoms with Crippen molar-refractivity contribution < 1.29 is 18.0 Å². The van der Waals surface area contributed by atoms with Gasteiger partial charge in [0.05, 0.1) is 5.69 Å². The Morgan fingerprint density at radius 3 is 2.70 bits per heavy atom. The molecular weight excluding hydrogens is 305 g/mol. The molecule has 2 heterocycles. The van der Waals surface area contributed by atoms with Crippen LogP contribution in [0.5, 0.6) is 0 Å². The van der Waals surface area contributed by atoms with Crippen molar-refractivity contribution in [1.29, 1.82) is 0 Å². The molecule has 2 aliphatic heterocycles. The van der Waals surface area contributed by atoms with Gasteiger partial charge in [-0.3, -0.25) is 9.78 Å². The molecule has 2 unspecified atom stereocenters. The van der Waals surface area contributed by atoms with Crippen LogP contribution in [0.25, 0.3) is 11.3 Å². The number of piperidine rings is 1. The number of hydrogen-bond acceptors (Lipinski definition) is 3. The predicted octanol–water partition coefficient (Wildman–Crippen LogP) is 3.41. The third kappa shape index (κ3) is 2.24. The summed E-state index contributed by atoms with van der Waals surface area (Å²) in [5.41, 5.74) is 3.21. The van der Waals surface area contributed by atoms with Crippen LogP contribution < -0.4 is 5.32 Å². The number of nitrogens with one attached hydrogen (secondary N) is 1. The second-order valence-electron chi connectivity index (χ2n) is 6.42. The molecule has 1 fully saturated rings. The van der Waals surface area contributed by atoms with Crippen LogP contribution in [-0.2, 0) is 0 Å². The van der Waals surface area contributed by atoms with Gasteiger partial charge in [-0.05, 0) is 54.5 Å². The molecule has 4 rings (SSSR count). The lowest BCUT2D eigenvalue weighted by Gasteiger charge is -2.21. The van der Waals surface area contributed by atoms with E-state index in [-0.39, 0.29) is 17.4 Å². The van der Waals surface area contributed by atoms with E-state index < -0.39 is 12.0 Å². The number of carbonyl (C=O) groups is 1. The lowest BCUT2D eigenvalue weighted by molar-refractivity contribution is -0.0885. The van der Waals surface area contributed by atoms with Crippen molar-refractivity contribution in [3.05, 3.63) is 40.6 Å². The highest BCUT2D eigenvalue weighted by Gasteiger charge is 2.44. The summed E-state index contributed by atoms with van der Waals surface area (Å²) in [5, 5.41) is 3.25. The van der Waals surface area contributed by atoms with E-state index in [2.05, 4.69) is 10.3 Å². The van der Waals surface area contributed by atoms with Gasteiger partial charge in [-0.2, -0.15) is 13.2 Å². The van der Waals surface area contributed by atoms with Crippen LogP contribution in [0.4, 0.5) is 13.2 Å². The van der Waals surface area contributed by atoms with E-state index in [4.69, 9.17) is 0 Å². The summed E-state index contributed by atoms with van der Waals surface area (Å²) < 4.78 is 39.3. The van der Waals surface area contributed by atoms with E-state index in [1.165, 1.54) is 6.07 Å². The van der Waals surface area contributed by atoms with Gasteiger partial charge in [0.15, 0.2) is 0 Å². The number of nitrogens with zero attached hydrogens (tertiary/aromatic N) is 1. The summed E-state index contributed by atoms with van der Waals surface area (Å²) in [6.07, 6.45) is -4.07. The molecule has 3 nitrogen and oxygen atoms in total. The molecule has 0 radical (unpaired) electrons. The number of ketones is 1. The number of rotatable bonds is 1. The fourth-order valence-corrected chi connectivity index (χ4v) is 3.96. The standard InChI is InChI=1S/C17H15F3N2O/c1-8-2-9-4-13(16(23)17(18,19)20)15-11-3-10(6-21-7-11)12(15)5-14(9)22-8/h2,4-5,10-11,21H,3,6-7H2,1H3. The van der Waals surface area contributed by atoms with Crippen LogP contribution in [0, 0.1) is 6.92 Å². The third-order valence-corrected chi connectivity index (χ3v) is 4.85. The number of hydrogen-bond donors (Lipinski definition) is 1. The first-order valence-corrected chi connectivity index (χ1v) is 7.62. The summed E-state index contributed by atoms with van der Waals surface area (Å²) in [6, 6.07) is 4.98. The second kappa shape index (κ2) is 4.77. The number of alkyl halides is 3. The maximum absolute atomic E-state index is 13.1. The Kier molecular flexibility index (Phi) is 3.04. The van der Waals surface area contributed by atoms with Gasteiger partial charge < -0.3 is 5.32 Å². The highest BCUT2D eigenvalue weighted by molar-refractivity contribution is 6.03. The van der Waals surface area contributed by atoms with Gasteiger partial charge in [0.25, 0.3) is 5.78 Å². The Morgan fingerprint density at radius 2 is 1.96 bits per heavy atom. The van der Waals surface area contributed by atoms with Gasteiger partial charge in [0.1, 0.15) is 0 Å². The summed E-state index contributed by atoms with van der Waals surface area (Å²) in [4.78, 5) is 16.4. The molecule has 6 heteroatoms. The van der Waals surface area contributed by atoms with Gasteiger partial charge in [0, 0.05) is 29.9 Å². The SMILES string of the molecule is Cc1cc2cc(C(=O)C(F)(F)F)c3c(cc-2n1)C1CNCC3C1. The molecule has 4 aliphatic rings. The first-order chi connectivity index (χ1) is 10.8. The van der Waals surface area contributed by atoms with E-state index in [1.807, 2.05) is 6.07 Å². The Labute approximate surface area is 131 Å². The summed E-state index contributed by atoms with van der Waals surface area (Å²) >= 11 is 0. The van der Waals surface area contributed by atoms with E-state index in [9.17, 15) is 18.0 Å². The lowest BCUT2D eigenvalue weighted by atomic mass is 9.94. The van der Waals surface area contributed by atoms with Crippen molar-refractivity contribution >= 4 is 5.78 Å². The van der Waals surface area contributed by atoms with Crippen LogP contribution >= 0.6 is 0 Å². The number of halogens is 3. The predicted molar refractivity (Wildman–Crippen MR) is 79.0 cm³/mol. The van der Waals surface area contributed by atoms with Gasteiger partial charge in [0.2, 0.25) is 0 Å². The molecule has 0 amide bonds. The van der Waals surface area contributed by atoms with Crippen LogP contribution in [0.1, 0.15) is 45.4 Å². The molecule has 1 saturated heterocycles. The largest absolute Gasteiger partial charge is 0.454 e. The number of fused-ring (bicyclic) bond motifs is 6. The average Bonchev–Trinajstić information content (AvgIpc) is 2.87. The fourth-order valence-electron chi connectivity index (χ4n) is 3.96. The molecule has 1 N–H and O–H groups in total. The number of carbonyl (C=O) groups excluding carboxylic acids is 1. The van der Waals surface area contributed by atoms with Gasteiger partial charge in [-0.15, -0.1) is 0 Å². The molecule has 2 atom stereocenters. The molecule has 0 aromatic rings. The molecule has 0 aromatic heterocycles. The Bertz CT molecular complexity index is 784. The van der Waals surface area contributed by atoms with Gasteiger partial charge in [-0.1, -0.05) is 0 Å². The maximum Gasteiger partial charge on any atom is 0.454 e. The van der Waals surface area contributed by atoms with Crippen molar-refractivity contribution in [2.24, 2.45) is 0 Å². The number of Topliss-reactive ketones (excluding diaryl/α,β-unsaturated/α-hetero) is 1. The Hall–Kier alpha value is -1.95. The minimum atomic E-state index is -4.87. The number of aromatic nitrogens is 1. The molecule has 0 aromatic carbocycles. The Balaban J connectivity index is 2.03. The molecule has 23 heavy (non-hydrogen) atoms. The first kappa shape index (κ1) is 14.6. The van der Waals surface area contributed by atoms with E-state index in [1.54, 1.807) is 13.0 Å². The molecule has 0 saturated carbocycles. The second-order valence-corrected chi connectivity index (χ2v) is 6.42.